The summed E-state index contributed by atoms with van der Waals surface area (Å²) in [7, 11) is 2.29. The number of imidazole rings is 1. The largest absolute Gasteiger partial charge is 0.457 e. The summed E-state index contributed by atoms with van der Waals surface area (Å²) in [6, 6.07) is 25.6. The Labute approximate surface area is 336 Å². The molecule has 2 aromatic heterocycles. The SMILES string of the molecule is Cc1ccc2c(c1)C(NC1CC(n3cnc4c(N=CN(C)C)ncnc43)OC1COP(OCCC#N)N(C(C)C)C(C)C)(c1ccccc1)c1cc(C)ccc1O2. The number of rotatable bonds is 15. The predicted octanol–water partition coefficient (Wildman–Crippen LogP) is 8.30. The predicted molar refractivity (Wildman–Crippen MR) is 223 cm³/mol. The van der Waals surface area contributed by atoms with Crippen LogP contribution in [0.3, 0.4) is 0 Å². The maximum Gasteiger partial charge on any atom is 0.259 e. The van der Waals surface area contributed by atoms with Crippen LogP contribution in [0.2, 0.25) is 0 Å². The van der Waals surface area contributed by atoms with Crippen molar-refractivity contribution in [1.82, 2.24) is 34.4 Å². The van der Waals surface area contributed by atoms with E-state index in [1.54, 1.807) is 12.7 Å². The Bertz CT molecular complexity index is 2180. The first-order valence-corrected chi connectivity index (χ1v) is 20.6. The number of hydrogen-bond donors (Lipinski definition) is 1. The van der Waals surface area contributed by atoms with E-state index in [0.717, 1.165) is 39.3 Å². The topological polar surface area (TPSA) is 135 Å². The van der Waals surface area contributed by atoms with Crippen LogP contribution < -0.4 is 10.1 Å². The highest BCUT2D eigenvalue weighted by atomic mass is 31.2. The number of ether oxygens (including phenoxy) is 2. The van der Waals surface area contributed by atoms with Gasteiger partial charge in [-0.05, 0) is 71.4 Å². The molecule has 4 unspecified atom stereocenters. The van der Waals surface area contributed by atoms with Gasteiger partial charge < -0.3 is 23.4 Å². The molecule has 14 heteroatoms. The highest BCUT2D eigenvalue weighted by Gasteiger charge is 2.49. The molecule has 0 amide bonds. The van der Waals surface area contributed by atoms with Crippen LogP contribution in [0.5, 0.6) is 11.5 Å². The van der Waals surface area contributed by atoms with E-state index in [2.05, 4.69) is 133 Å². The van der Waals surface area contributed by atoms with Crippen molar-refractivity contribution < 1.29 is 18.5 Å². The van der Waals surface area contributed by atoms with Crippen LogP contribution in [0.1, 0.15) is 74.6 Å². The number of aryl methyl sites for hydroxylation is 2. The maximum atomic E-state index is 9.35. The Balaban J connectivity index is 1.34. The zero-order chi connectivity index (χ0) is 40.3. The molecule has 0 saturated carbocycles. The van der Waals surface area contributed by atoms with Gasteiger partial charge in [-0.15, -0.1) is 0 Å². The van der Waals surface area contributed by atoms with E-state index < -0.39 is 26.4 Å². The van der Waals surface area contributed by atoms with Crippen molar-refractivity contribution in [2.24, 2.45) is 4.99 Å². The molecule has 0 radical (unpaired) electrons. The lowest BCUT2D eigenvalue weighted by Crippen LogP contribution is -2.54. The Morgan fingerprint density at radius 1 is 0.982 bits per heavy atom. The lowest BCUT2D eigenvalue weighted by Gasteiger charge is -2.44. The number of benzene rings is 3. The third-order valence-electron chi connectivity index (χ3n) is 10.2. The van der Waals surface area contributed by atoms with Crippen LogP contribution in [-0.2, 0) is 19.3 Å². The molecule has 1 saturated heterocycles. The van der Waals surface area contributed by atoms with Crippen LogP contribution >= 0.6 is 8.53 Å². The number of nitrogens with zero attached hydrogens (tertiary/aromatic N) is 8. The van der Waals surface area contributed by atoms with E-state index in [-0.39, 0.29) is 37.8 Å². The quantitative estimate of drug-likeness (QED) is 0.0475. The first-order chi connectivity index (χ1) is 27.5. The Kier molecular flexibility index (Phi) is 12.3. The lowest BCUT2D eigenvalue weighted by molar-refractivity contribution is -0.0243. The average Bonchev–Trinajstić information content (AvgIpc) is 3.80. The van der Waals surface area contributed by atoms with Crippen LogP contribution in [0.25, 0.3) is 11.2 Å². The summed E-state index contributed by atoms with van der Waals surface area (Å²) in [5, 5.41) is 13.6. The van der Waals surface area contributed by atoms with Gasteiger partial charge in [0.2, 0.25) is 0 Å². The molecule has 4 heterocycles. The smallest absolute Gasteiger partial charge is 0.259 e. The van der Waals surface area contributed by atoms with E-state index in [0.29, 0.717) is 23.4 Å². The molecule has 7 rings (SSSR count). The van der Waals surface area contributed by atoms with Crippen molar-refractivity contribution in [3.8, 4) is 17.6 Å². The van der Waals surface area contributed by atoms with Crippen molar-refractivity contribution in [3.63, 3.8) is 0 Å². The molecule has 1 N–H and O–H groups in total. The van der Waals surface area contributed by atoms with Crippen LogP contribution in [0.15, 0.2) is 84.4 Å². The van der Waals surface area contributed by atoms with Gasteiger partial charge in [-0.3, -0.25) is 9.88 Å². The maximum absolute atomic E-state index is 9.35. The lowest BCUT2D eigenvalue weighted by atomic mass is 9.73. The van der Waals surface area contributed by atoms with Gasteiger partial charge in [-0.25, -0.2) is 24.6 Å². The first-order valence-electron chi connectivity index (χ1n) is 19.5. The van der Waals surface area contributed by atoms with Crippen molar-refractivity contribution in [2.75, 3.05) is 27.3 Å². The molecule has 298 valence electrons. The molecule has 0 spiro atoms. The summed E-state index contributed by atoms with van der Waals surface area (Å²) < 4.78 is 31.1. The summed E-state index contributed by atoms with van der Waals surface area (Å²) in [5.41, 5.74) is 5.74. The van der Waals surface area contributed by atoms with Crippen molar-refractivity contribution in [3.05, 3.63) is 107 Å². The van der Waals surface area contributed by atoms with Gasteiger partial charge >= 0.3 is 0 Å². The van der Waals surface area contributed by atoms with Crippen molar-refractivity contribution in [2.45, 2.75) is 90.4 Å². The highest BCUT2D eigenvalue weighted by molar-refractivity contribution is 7.44. The van der Waals surface area contributed by atoms with E-state index in [1.807, 2.05) is 29.6 Å². The van der Waals surface area contributed by atoms with E-state index in [9.17, 15) is 5.26 Å². The molecule has 3 aromatic carbocycles. The number of aromatic nitrogens is 4. The van der Waals surface area contributed by atoms with Crippen LogP contribution in [0, 0.1) is 25.2 Å². The Morgan fingerprint density at radius 2 is 1.67 bits per heavy atom. The molecule has 2 aliphatic rings. The summed E-state index contributed by atoms with van der Waals surface area (Å²) in [5.74, 6) is 2.06. The third kappa shape index (κ3) is 8.30. The van der Waals surface area contributed by atoms with E-state index in [1.165, 1.54) is 6.33 Å². The van der Waals surface area contributed by atoms with Gasteiger partial charge in [-0.1, -0.05) is 53.6 Å². The van der Waals surface area contributed by atoms with Gasteiger partial charge in [0, 0.05) is 49.8 Å². The third-order valence-corrected chi connectivity index (χ3v) is 12.3. The second-order valence-corrected chi connectivity index (χ2v) is 16.9. The highest BCUT2D eigenvalue weighted by Crippen LogP contribution is 2.52. The fourth-order valence-corrected chi connectivity index (χ4v) is 9.42. The molecule has 0 aliphatic carbocycles. The number of fused-ring (bicyclic) bond motifs is 3. The fourth-order valence-electron chi connectivity index (χ4n) is 7.80. The van der Waals surface area contributed by atoms with Gasteiger partial charge in [0.25, 0.3) is 8.53 Å². The number of hydrogen-bond acceptors (Lipinski definition) is 11. The summed E-state index contributed by atoms with van der Waals surface area (Å²) in [4.78, 5) is 20.2. The first kappa shape index (κ1) is 40.4. The van der Waals surface area contributed by atoms with Crippen LogP contribution in [-0.4, -0.2) is 87.0 Å². The van der Waals surface area contributed by atoms with Crippen molar-refractivity contribution in [1.29, 1.82) is 5.26 Å². The van der Waals surface area contributed by atoms with Crippen molar-refractivity contribution >= 4 is 31.8 Å². The van der Waals surface area contributed by atoms with E-state index >= 15 is 0 Å². The molecule has 13 nitrogen and oxygen atoms in total. The summed E-state index contributed by atoms with van der Waals surface area (Å²) >= 11 is 0. The Hall–Kier alpha value is -4.80. The number of nitriles is 1. The molecule has 4 atom stereocenters. The summed E-state index contributed by atoms with van der Waals surface area (Å²) in [6.07, 6.45) is 4.89. The van der Waals surface area contributed by atoms with Gasteiger partial charge in [0.05, 0.1) is 44.5 Å². The molecule has 2 aliphatic heterocycles. The molecule has 0 bridgehead atoms. The zero-order valence-corrected chi connectivity index (χ0v) is 34.9. The standard InChI is InChI=1S/C43H52N9O4P/c1-28(2)52(29(3)4)57(53-20-12-19-44)54-24-38-35(23-39(56-38)51-27-47-40-41(48-26-50(7)8)45-25-46-42(40)51)49-43(32-13-10-9-11-14-32)33-21-30(5)15-17-36(33)55-37-18-16-31(6)22-34(37)43/h9-11,13-18,21-22,25-29,35,38-39,49H,12,20,23-24H2,1-8H3. The minimum Gasteiger partial charge on any atom is -0.457 e. The number of nitrogens with one attached hydrogen (secondary N) is 1. The molecule has 57 heavy (non-hydrogen) atoms. The van der Waals surface area contributed by atoms with Gasteiger partial charge in [0.15, 0.2) is 17.0 Å². The molecular weight excluding hydrogens is 738 g/mol. The minimum atomic E-state index is -1.53. The van der Waals surface area contributed by atoms with Gasteiger partial charge in [0.1, 0.15) is 29.6 Å². The zero-order valence-electron chi connectivity index (χ0n) is 34.0. The normalized spacial score (nSPS) is 19.2. The molecule has 5 aromatic rings. The monoisotopic (exact) mass is 789 g/mol. The van der Waals surface area contributed by atoms with E-state index in [4.69, 9.17) is 23.5 Å². The fraction of sp³-hybridized carbons (Fsp3) is 0.419. The number of aliphatic imine (C=N–C) groups is 1. The average molecular weight is 790 g/mol. The minimum absolute atomic E-state index is 0.147. The summed E-state index contributed by atoms with van der Waals surface area (Å²) in [6.45, 7) is 13.3. The second-order valence-electron chi connectivity index (χ2n) is 15.4. The molecule has 1 fully saturated rings. The molecular formula is C43H52N9O4P. The Morgan fingerprint density at radius 3 is 2.30 bits per heavy atom. The van der Waals surface area contributed by atoms with Crippen LogP contribution in [0.4, 0.5) is 5.82 Å². The van der Waals surface area contributed by atoms with Gasteiger partial charge in [-0.2, -0.15) is 5.26 Å². The second kappa shape index (κ2) is 17.4.